The van der Waals surface area contributed by atoms with Crippen molar-refractivity contribution in [1.29, 1.82) is 0 Å². The fourth-order valence-electron chi connectivity index (χ4n) is 3.62. The minimum absolute atomic E-state index is 0.00706. The Balaban J connectivity index is 1.62. The molecule has 3 rings (SSSR count). The Hall–Kier alpha value is -1.34. The maximum absolute atomic E-state index is 12.6. The van der Waals surface area contributed by atoms with Crippen molar-refractivity contribution >= 4 is 35.6 Å². The highest BCUT2D eigenvalue weighted by Crippen LogP contribution is 2.54. The van der Waals surface area contributed by atoms with Gasteiger partial charge >= 0.3 is 12.1 Å². The van der Waals surface area contributed by atoms with Crippen LogP contribution in [0.4, 0.5) is 4.79 Å². The Bertz CT molecular complexity index is 683. The molecule has 0 bridgehead atoms. The molecule has 2 fully saturated rings. The van der Waals surface area contributed by atoms with Gasteiger partial charge in [-0.3, -0.25) is 4.79 Å². The van der Waals surface area contributed by atoms with Gasteiger partial charge in [0.25, 0.3) is 0 Å². The highest BCUT2D eigenvalue weighted by atomic mass is 32.2. The van der Waals surface area contributed by atoms with E-state index in [0.29, 0.717) is 19.5 Å². The molecule has 0 saturated carbocycles. The molecule has 1 amide bonds. The first-order valence-electron chi connectivity index (χ1n) is 9.73. The van der Waals surface area contributed by atoms with Gasteiger partial charge in [-0.1, -0.05) is 30.3 Å². The second-order valence-electron chi connectivity index (χ2n) is 8.23. The van der Waals surface area contributed by atoms with Crippen molar-refractivity contribution in [2.24, 2.45) is 5.92 Å². The predicted octanol–water partition coefficient (Wildman–Crippen LogP) is 4.55. The number of rotatable bonds is 4. The van der Waals surface area contributed by atoms with Gasteiger partial charge in [-0.25, -0.2) is 4.79 Å². The van der Waals surface area contributed by atoms with E-state index in [4.69, 9.17) is 9.47 Å². The monoisotopic (exact) mass is 423 g/mol. The van der Waals surface area contributed by atoms with Gasteiger partial charge in [-0.05, 0) is 32.8 Å². The molecule has 28 heavy (non-hydrogen) atoms. The van der Waals surface area contributed by atoms with Gasteiger partial charge in [0, 0.05) is 30.5 Å². The van der Waals surface area contributed by atoms with Crippen molar-refractivity contribution in [1.82, 2.24) is 4.90 Å². The SMILES string of the molecule is CC(C)(C)OC(=O)CC1CN(C(=O)OCc2ccccc2)CCC12SCCS2. The number of likely N-dealkylation sites (tertiary alicyclic amines) is 1. The van der Waals surface area contributed by atoms with Gasteiger partial charge in [0.15, 0.2) is 0 Å². The summed E-state index contributed by atoms with van der Waals surface area (Å²) in [5.41, 5.74) is 0.472. The highest BCUT2D eigenvalue weighted by Gasteiger charge is 2.48. The smallest absolute Gasteiger partial charge is 0.410 e. The first-order valence-corrected chi connectivity index (χ1v) is 11.7. The molecule has 2 saturated heterocycles. The number of carbonyl (C=O) groups is 2. The summed E-state index contributed by atoms with van der Waals surface area (Å²) in [5, 5.41) is 0. The van der Waals surface area contributed by atoms with Gasteiger partial charge in [-0.15, -0.1) is 23.5 Å². The molecule has 2 aliphatic rings. The lowest BCUT2D eigenvalue weighted by atomic mass is 9.93. The third-order valence-corrected chi connectivity index (χ3v) is 8.70. The van der Waals surface area contributed by atoms with Crippen LogP contribution in [0.15, 0.2) is 30.3 Å². The van der Waals surface area contributed by atoms with Crippen molar-refractivity contribution in [3.8, 4) is 0 Å². The average molecular weight is 424 g/mol. The number of benzene rings is 1. The van der Waals surface area contributed by atoms with E-state index in [9.17, 15) is 9.59 Å². The largest absolute Gasteiger partial charge is 0.460 e. The molecule has 0 aliphatic carbocycles. The number of hydrogen-bond acceptors (Lipinski definition) is 6. The Morgan fingerprint density at radius 2 is 1.86 bits per heavy atom. The number of thioether (sulfide) groups is 2. The molecule has 5 nitrogen and oxygen atoms in total. The number of hydrogen-bond donors (Lipinski definition) is 0. The van der Waals surface area contributed by atoms with Crippen molar-refractivity contribution in [3.05, 3.63) is 35.9 Å². The lowest BCUT2D eigenvalue weighted by molar-refractivity contribution is -0.156. The maximum Gasteiger partial charge on any atom is 0.410 e. The number of carbonyl (C=O) groups excluding carboxylic acids is 2. The normalized spacial score (nSPS) is 21.5. The van der Waals surface area contributed by atoms with Gasteiger partial charge in [0.1, 0.15) is 12.2 Å². The van der Waals surface area contributed by atoms with E-state index in [1.165, 1.54) is 0 Å². The number of nitrogens with zero attached hydrogens (tertiary/aromatic N) is 1. The van der Waals surface area contributed by atoms with Crippen LogP contribution in [0.25, 0.3) is 0 Å². The molecule has 1 unspecified atom stereocenters. The van der Waals surface area contributed by atoms with Crippen LogP contribution in [0.2, 0.25) is 0 Å². The molecule has 0 aromatic heterocycles. The lowest BCUT2D eigenvalue weighted by Crippen LogP contribution is -2.50. The van der Waals surface area contributed by atoms with Crippen LogP contribution in [0.5, 0.6) is 0 Å². The summed E-state index contributed by atoms with van der Waals surface area (Å²) < 4.78 is 11.1. The van der Waals surface area contributed by atoms with Crippen molar-refractivity contribution < 1.29 is 19.1 Å². The topological polar surface area (TPSA) is 55.8 Å². The van der Waals surface area contributed by atoms with Crippen LogP contribution in [-0.2, 0) is 20.9 Å². The van der Waals surface area contributed by atoms with Crippen LogP contribution in [-0.4, -0.2) is 51.2 Å². The van der Waals surface area contributed by atoms with E-state index < -0.39 is 5.60 Å². The van der Waals surface area contributed by atoms with E-state index >= 15 is 0 Å². The molecule has 1 aromatic rings. The van der Waals surface area contributed by atoms with Crippen LogP contribution in [0, 0.1) is 5.92 Å². The van der Waals surface area contributed by atoms with Crippen LogP contribution in [0.1, 0.15) is 39.2 Å². The third kappa shape index (κ3) is 5.60. The Labute approximate surface area is 175 Å². The first kappa shape index (κ1) is 21.4. The van der Waals surface area contributed by atoms with E-state index in [1.807, 2.05) is 74.6 Å². The van der Waals surface area contributed by atoms with E-state index in [-0.39, 0.29) is 28.7 Å². The van der Waals surface area contributed by atoms with Crippen molar-refractivity contribution in [2.75, 3.05) is 24.6 Å². The maximum atomic E-state index is 12.6. The summed E-state index contributed by atoms with van der Waals surface area (Å²) in [6.07, 6.45) is 0.900. The molecule has 0 radical (unpaired) electrons. The quantitative estimate of drug-likeness (QED) is 0.662. The molecule has 7 heteroatoms. The van der Waals surface area contributed by atoms with Gasteiger partial charge in [-0.2, -0.15) is 0 Å². The molecular weight excluding hydrogens is 394 g/mol. The summed E-state index contributed by atoms with van der Waals surface area (Å²) in [4.78, 5) is 26.8. The van der Waals surface area contributed by atoms with Crippen LogP contribution < -0.4 is 0 Å². The molecule has 1 spiro atoms. The zero-order valence-electron chi connectivity index (χ0n) is 16.8. The number of esters is 1. The zero-order chi connectivity index (χ0) is 20.2. The summed E-state index contributed by atoms with van der Waals surface area (Å²) in [7, 11) is 0. The molecular formula is C21H29NO4S2. The minimum atomic E-state index is -0.497. The standard InChI is InChI=1S/C21H29NO4S2/c1-20(2,3)26-18(23)13-17-14-22(10-9-21(17)27-11-12-28-21)19(24)25-15-16-7-5-4-6-8-16/h4-8,17H,9-15H2,1-3H3. The third-order valence-electron chi connectivity index (χ3n) is 4.87. The molecule has 2 aliphatic heterocycles. The first-order chi connectivity index (χ1) is 13.3. The Morgan fingerprint density at radius 3 is 2.50 bits per heavy atom. The van der Waals surface area contributed by atoms with Crippen molar-refractivity contribution in [3.63, 3.8) is 0 Å². The van der Waals surface area contributed by atoms with E-state index in [0.717, 1.165) is 23.5 Å². The van der Waals surface area contributed by atoms with E-state index in [2.05, 4.69) is 0 Å². The van der Waals surface area contributed by atoms with Gasteiger partial charge < -0.3 is 14.4 Å². The fraction of sp³-hybridized carbons (Fsp3) is 0.619. The second kappa shape index (κ2) is 8.99. The fourth-order valence-corrected chi connectivity index (χ4v) is 7.07. The molecule has 1 aromatic carbocycles. The summed E-state index contributed by atoms with van der Waals surface area (Å²) in [6, 6.07) is 9.68. The van der Waals surface area contributed by atoms with Crippen LogP contribution >= 0.6 is 23.5 Å². The predicted molar refractivity (Wildman–Crippen MR) is 114 cm³/mol. The average Bonchev–Trinajstić information content (AvgIpc) is 3.10. The number of piperidine rings is 1. The molecule has 1 atom stereocenters. The molecule has 0 N–H and O–H groups in total. The molecule has 2 heterocycles. The summed E-state index contributed by atoms with van der Waals surface area (Å²) >= 11 is 3.87. The minimum Gasteiger partial charge on any atom is -0.460 e. The molecule has 154 valence electrons. The lowest BCUT2D eigenvalue weighted by Gasteiger charge is -2.44. The number of amides is 1. The van der Waals surface area contributed by atoms with E-state index in [1.54, 1.807) is 4.90 Å². The number of ether oxygens (including phenoxy) is 2. The highest BCUT2D eigenvalue weighted by molar-refractivity contribution is 8.21. The van der Waals surface area contributed by atoms with Gasteiger partial charge in [0.05, 0.1) is 10.5 Å². The van der Waals surface area contributed by atoms with Crippen molar-refractivity contribution in [2.45, 2.75) is 49.9 Å². The summed E-state index contributed by atoms with van der Waals surface area (Å²) in [6.45, 7) is 7.11. The summed E-state index contributed by atoms with van der Waals surface area (Å²) in [5.74, 6) is 2.06. The van der Waals surface area contributed by atoms with Gasteiger partial charge in [0.2, 0.25) is 0 Å². The Kier molecular flexibility index (Phi) is 6.86. The zero-order valence-corrected chi connectivity index (χ0v) is 18.4. The van der Waals surface area contributed by atoms with Crippen LogP contribution in [0.3, 0.4) is 0 Å². The second-order valence-corrected chi connectivity index (χ2v) is 11.3. The Morgan fingerprint density at radius 1 is 1.18 bits per heavy atom.